The van der Waals surface area contributed by atoms with Gasteiger partial charge in [-0.25, -0.2) is 13.1 Å². The van der Waals surface area contributed by atoms with Gasteiger partial charge in [-0.05, 0) is 50.2 Å². The monoisotopic (exact) mass is 437 g/mol. The third-order valence-corrected chi connectivity index (χ3v) is 5.86. The third kappa shape index (κ3) is 4.33. The second-order valence-corrected chi connectivity index (χ2v) is 8.49. The van der Waals surface area contributed by atoms with E-state index in [2.05, 4.69) is 20.0 Å². The number of benzene rings is 2. The van der Waals surface area contributed by atoms with Gasteiger partial charge in [0.05, 0.1) is 21.8 Å². The van der Waals surface area contributed by atoms with E-state index in [1.807, 2.05) is 30.3 Å². The van der Waals surface area contributed by atoms with Crippen LogP contribution in [0.25, 0.3) is 5.69 Å². The Balaban J connectivity index is 1.54. The number of nitrogens with zero attached hydrogens (tertiary/aromatic N) is 3. The number of hydrogen-bond donors (Lipinski definition) is 2. The van der Waals surface area contributed by atoms with Gasteiger partial charge >= 0.3 is 0 Å². The molecule has 0 bridgehead atoms. The average Bonchev–Trinajstić information content (AvgIpc) is 3.29. The number of anilines is 1. The Morgan fingerprint density at radius 1 is 1.10 bits per heavy atom. The summed E-state index contributed by atoms with van der Waals surface area (Å²) in [6.45, 7) is 3.45. The second kappa shape index (κ2) is 8.07. The van der Waals surface area contributed by atoms with Crippen LogP contribution in [0.1, 0.15) is 17.0 Å². The van der Waals surface area contributed by atoms with Crippen molar-refractivity contribution in [2.24, 2.45) is 4.99 Å². The molecule has 0 saturated heterocycles. The summed E-state index contributed by atoms with van der Waals surface area (Å²) in [7, 11) is -3.81. The van der Waals surface area contributed by atoms with Crippen molar-refractivity contribution < 1.29 is 12.9 Å². The van der Waals surface area contributed by atoms with Crippen LogP contribution in [0.5, 0.6) is 0 Å². The van der Waals surface area contributed by atoms with Crippen LogP contribution in [0.15, 0.2) is 79.9 Å². The van der Waals surface area contributed by atoms with Crippen LogP contribution in [0.4, 0.5) is 11.5 Å². The Morgan fingerprint density at radius 3 is 2.45 bits per heavy atom. The number of sulfonamides is 1. The second-order valence-electron chi connectivity index (χ2n) is 6.81. The highest BCUT2D eigenvalue weighted by Crippen LogP contribution is 2.19. The average molecular weight is 437 g/mol. The van der Waals surface area contributed by atoms with E-state index in [1.165, 1.54) is 29.1 Å². The lowest BCUT2D eigenvalue weighted by Crippen LogP contribution is -2.17. The fourth-order valence-electron chi connectivity index (χ4n) is 2.93. The lowest BCUT2D eigenvalue weighted by Gasteiger charge is -2.04. The molecule has 0 atom stereocenters. The highest BCUT2D eigenvalue weighted by atomic mass is 32.2. The number of aryl methyl sites for hydroxylation is 2. The van der Waals surface area contributed by atoms with Gasteiger partial charge in [-0.1, -0.05) is 23.4 Å². The van der Waals surface area contributed by atoms with Crippen LogP contribution in [0.2, 0.25) is 0 Å². The van der Waals surface area contributed by atoms with Crippen LogP contribution in [-0.4, -0.2) is 29.6 Å². The summed E-state index contributed by atoms with van der Waals surface area (Å²) in [5.74, 6) is 0.603. The summed E-state index contributed by atoms with van der Waals surface area (Å²) < 4.78 is 33.6. The molecule has 10 heteroatoms. The number of hydrogen-bond acceptors (Lipinski definition) is 6. The molecule has 0 aliphatic rings. The molecule has 2 aromatic carbocycles. The molecule has 0 spiro atoms. The first kappa shape index (κ1) is 20.4. The molecular formula is C21H19N5O4S. The van der Waals surface area contributed by atoms with Gasteiger partial charge in [0.2, 0.25) is 0 Å². The zero-order valence-electron chi connectivity index (χ0n) is 16.7. The third-order valence-electron chi connectivity index (χ3n) is 4.49. The Labute approximate surface area is 178 Å². The van der Waals surface area contributed by atoms with E-state index in [1.54, 1.807) is 26.0 Å². The number of para-hydroxylation sites is 1. The molecule has 2 N–H and O–H groups in total. The Bertz CT molecular complexity index is 1400. The number of aromatic amines is 1. The molecule has 31 heavy (non-hydrogen) atoms. The van der Waals surface area contributed by atoms with Gasteiger partial charge in [0.25, 0.3) is 15.6 Å². The molecule has 2 heterocycles. The molecule has 4 rings (SSSR count). The maximum absolute atomic E-state index is 12.7. The Kier molecular flexibility index (Phi) is 5.30. The molecule has 158 valence electrons. The van der Waals surface area contributed by atoms with E-state index in [-0.39, 0.29) is 16.3 Å². The molecule has 0 unspecified atom stereocenters. The molecule has 0 aliphatic carbocycles. The van der Waals surface area contributed by atoms with Crippen molar-refractivity contribution in [2.75, 3.05) is 4.72 Å². The zero-order chi connectivity index (χ0) is 22.0. The predicted molar refractivity (Wildman–Crippen MR) is 117 cm³/mol. The fourth-order valence-corrected chi connectivity index (χ4v) is 3.92. The van der Waals surface area contributed by atoms with E-state index in [4.69, 9.17) is 4.52 Å². The minimum Gasteiger partial charge on any atom is -0.360 e. The van der Waals surface area contributed by atoms with Gasteiger partial charge in [0, 0.05) is 18.0 Å². The molecule has 0 aliphatic heterocycles. The van der Waals surface area contributed by atoms with Crippen LogP contribution in [0, 0.1) is 13.8 Å². The maximum atomic E-state index is 12.7. The van der Waals surface area contributed by atoms with Crippen molar-refractivity contribution in [2.45, 2.75) is 18.7 Å². The van der Waals surface area contributed by atoms with E-state index < -0.39 is 10.0 Å². The standard InChI is InChI=1S/C21H19N5O4S/c1-14-12-20(24-30-14)25-31(28,29)18-10-8-16(9-11-18)22-13-19-15(2)23-26(21(19)27)17-6-4-3-5-7-17/h3-13,23H,1-2H3,(H,24,25). The van der Waals surface area contributed by atoms with Crippen LogP contribution in [0.3, 0.4) is 0 Å². The summed E-state index contributed by atoms with van der Waals surface area (Å²) in [6.07, 6.45) is 1.47. The van der Waals surface area contributed by atoms with Gasteiger partial charge in [-0.2, -0.15) is 0 Å². The van der Waals surface area contributed by atoms with Gasteiger partial charge < -0.3 is 4.52 Å². The Hall–Kier alpha value is -3.92. The SMILES string of the molecule is Cc1cc(NS(=O)(=O)c2ccc(N=Cc3c(C)[nH]n(-c4ccccc4)c3=O)cc2)no1. The zero-order valence-corrected chi connectivity index (χ0v) is 17.6. The highest BCUT2D eigenvalue weighted by molar-refractivity contribution is 7.92. The minimum absolute atomic E-state index is 0.0522. The number of aliphatic imine (C=N–C) groups is 1. The van der Waals surface area contributed by atoms with Crippen LogP contribution >= 0.6 is 0 Å². The Morgan fingerprint density at radius 2 is 1.81 bits per heavy atom. The van der Waals surface area contributed by atoms with Crippen molar-refractivity contribution in [3.05, 3.63) is 88.0 Å². The number of nitrogens with one attached hydrogen (secondary N) is 2. The van der Waals surface area contributed by atoms with E-state index >= 15 is 0 Å². The number of aromatic nitrogens is 3. The first-order valence-electron chi connectivity index (χ1n) is 9.31. The smallest absolute Gasteiger partial charge is 0.280 e. The number of H-pyrrole nitrogens is 1. The maximum Gasteiger partial charge on any atom is 0.280 e. The summed E-state index contributed by atoms with van der Waals surface area (Å²) in [4.78, 5) is 17.1. The number of rotatable bonds is 6. The van der Waals surface area contributed by atoms with Crippen molar-refractivity contribution in [1.29, 1.82) is 0 Å². The van der Waals surface area contributed by atoms with Crippen LogP contribution in [-0.2, 0) is 10.0 Å². The van der Waals surface area contributed by atoms with Crippen molar-refractivity contribution in [3.63, 3.8) is 0 Å². The van der Waals surface area contributed by atoms with Crippen molar-refractivity contribution >= 4 is 27.7 Å². The molecule has 0 fully saturated rings. The van der Waals surface area contributed by atoms with Crippen molar-refractivity contribution in [3.8, 4) is 5.69 Å². The molecule has 4 aromatic rings. The topological polar surface area (TPSA) is 122 Å². The summed E-state index contributed by atoms with van der Waals surface area (Å²) in [6, 6.07) is 16.7. The predicted octanol–water partition coefficient (Wildman–Crippen LogP) is 3.32. The first-order chi connectivity index (χ1) is 14.8. The van der Waals surface area contributed by atoms with E-state index in [0.29, 0.717) is 22.7 Å². The van der Waals surface area contributed by atoms with Crippen LogP contribution < -0.4 is 10.3 Å². The summed E-state index contributed by atoms with van der Waals surface area (Å²) in [5.41, 5.74) is 2.09. The van der Waals surface area contributed by atoms with Gasteiger partial charge in [0.1, 0.15) is 5.76 Å². The summed E-state index contributed by atoms with van der Waals surface area (Å²) >= 11 is 0. The quantitative estimate of drug-likeness (QED) is 0.448. The lowest BCUT2D eigenvalue weighted by atomic mass is 10.2. The highest BCUT2D eigenvalue weighted by Gasteiger charge is 2.16. The summed E-state index contributed by atoms with van der Waals surface area (Å²) in [5, 5.41) is 6.66. The van der Waals surface area contributed by atoms with E-state index in [0.717, 1.165) is 5.69 Å². The first-order valence-corrected chi connectivity index (χ1v) is 10.8. The lowest BCUT2D eigenvalue weighted by molar-refractivity contribution is 0.400. The fraction of sp³-hybridized carbons (Fsp3) is 0.0952. The molecule has 0 saturated carbocycles. The van der Waals surface area contributed by atoms with Gasteiger partial charge in [-0.15, -0.1) is 0 Å². The largest absolute Gasteiger partial charge is 0.360 e. The normalized spacial score (nSPS) is 11.8. The molecule has 0 amide bonds. The van der Waals surface area contributed by atoms with E-state index in [9.17, 15) is 13.2 Å². The molecular weight excluding hydrogens is 418 g/mol. The molecule has 2 aromatic heterocycles. The van der Waals surface area contributed by atoms with Gasteiger partial charge in [-0.3, -0.25) is 19.6 Å². The minimum atomic E-state index is -3.81. The van der Waals surface area contributed by atoms with Crippen molar-refractivity contribution in [1.82, 2.24) is 14.9 Å². The molecule has 9 nitrogen and oxygen atoms in total. The van der Waals surface area contributed by atoms with Gasteiger partial charge in [0.15, 0.2) is 5.82 Å². The molecule has 0 radical (unpaired) electrons.